The number of thiophene rings is 2. The van der Waals surface area contributed by atoms with Crippen LogP contribution in [-0.4, -0.2) is 0 Å². The van der Waals surface area contributed by atoms with E-state index in [-0.39, 0.29) is 0 Å². The van der Waals surface area contributed by atoms with E-state index >= 15 is 0 Å². The highest BCUT2D eigenvalue weighted by atomic mass is 32.1. The van der Waals surface area contributed by atoms with E-state index in [2.05, 4.69) is 170 Å². The lowest BCUT2D eigenvalue weighted by Crippen LogP contribution is -1.92. The fourth-order valence-electron chi connectivity index (χ4n) is 8.29. The van der Waals surface area contributed by atoms with Crippen LogP contribution in [0.1, 0.15) is 0 Å². The van der Waals surface area contributed by atoms with Crippen LogP contribution in [0, 0.1) is 0 Å². The summed E-state index contributed by atoms with van der Waals surface area (Å²) in [6.45, 7) is 0. The lowest BCUT2D eigenvalue weighted by molar-refractivity contribution is 1.67. The first kappa shape index (κ1) is 28.1. The molecule has 11 rings (SSSR count). The summed E-state index contributed by atoms with van der Waals surface area (Å²) in [5.74, 6) is 0. The first-order valence-corrected chi connectivity index (χ1v) is 18.7. The van der Waals surface area contributed by atoms with Crippen molar-refractivity contribution in [3.63, 3.8) is 0 Å². The van der Waals surface area contributed by atoms with Crippen molar-refractivity contribution < 1.29 is 0 Å². The molecule has 0 saturated heterocycles. The molecule has 50 heavy (non-hydrogen) atoms. The highest BCUT2D eigenvalue weighted by Crippen LogP contribution is 2.50. The quantitative estimate of drug-likeness (QED) is 0.164. The molecule has 0 fully saturated rings. The van der Waals surface area contributed by atoms with Gasteiger partial charge in [-0.2, -0.15) is 0 Å². The third-order valence-corrected chi connectivity index (χ3v) is 12.9. The monoisotopic (exact) mass is 668 g/mol. The molecule has 11 aromatic rings. The maximum absolute atomic E-state index is 2.47. The molecular formula is C48H28S2. The maximum Gasteiger partial charge on any atom is 0.0434 e. The lowest BCUT2D eigenvalue weighted by Gasteiger charge is -2.20. The van der Waals surface area contributed by atoms with Crippen LogP contribution >= 0.6 is 22.7 Å². The number of fused-ring (bicyclic) bond motifs is 9. The van der Waals surface area contributed by atoms with Crippen LogP contribution in [0.3, 0.4) is 0 Å². The lowest BCUT2D eigenvalue weighted by atomic mass is 9.84. The molecule has 0 aliphatic carbocycles. The molecule has 0 spiro atoms. The SMILES string of the molecule is c1ccc2c(-c3ccc4c(-c5cccc6c5sc5ccccc56)c5ccccc5c(-c5cccc6c5sc5ccccc56)c4c3)cccc2c1. The molecule has 2 heterocycles. The molecule has 0 aliphatic heterocycles. The Labute approximate surface area is 297 Å². The Kier molecular flexibility index (Phi) is 6.09. The van der Waals surface area contributed by atoms with Gasteiger partial charge in [0, 0.05) is 51.5 Å². The Morgan fingerprint density at radius 2 is 0.720 bits per heavy atom. The number of hydrogen-bond acceptors (Lipinski definition) is 2. The second-order valence-electron chi connectivity index (χ2n) is 13.1. The van der Waals surface area contributed by atoms with Crippen LogP contribution in [0.2, 0.25) is 0 Å². The molecule has 9 aromatic carbocycles. The molecule has 0 N–H and O–H groups in total. The normalized spacial score (nSPS) is 12.0. The van der Waals surface area contributed by atoms with Crippen LogP contribution in [0.25, 0.3) is 106 Å². The van der Waals surface area contributed by atoms with Crippen molar-refractivity contribution in [2.75, 3.05) is 0 Å². The zero-order valence-electron chi connectivity index (χ0n) is 27.0. The van der Waals surface area contributed by atoms with E-state index in [0.29, 0.717) is 0 Å². The second-order valence-corrected chi connectivity index (χ2v) is 15.2. The average Bonchev–Trinajstić information content (AvgIpc) is 3.76. The van der Waals surface area contributed by atoms with E-state index in [9.17, 15) is 0 Å². The van der Waals surface area contributed by atoms with Gasteiger partial charge in [0.05, 0.1) is 0 Å². The van der Waals surface area contributed by atoms with Gasteiger partial charge in [0.1, 0.15) is 0 Å². The Bertz CT molecular complexity index is 3150. The predicted octanol–water partition coefficient (Wildman–Crippen LogP) is 14.9. The summed E-state index contributed by atoms with van der Waals surface area (Å²) in [5, 5.41) is 13.0. The predicted molar refractivity (Wildman–Crippen MR) is 221 cm³/mol. The van der Waals surface area contributed by atoms with Crippen molar-refractivity contribution in [1.29, 1.82) is 0 Å². The molecule has 2 heteroatoms. The van der Waals surface area contributed by atoms with E-state index < -0.39 is 0 Å². The third kappa shape index (κ3) is 4.04. The summed E-state index contributed by atoms with van der Waals surface area (Å²) in [4.78, 5) is 0. The van der Waals surface area contributed by atoms with Gasteiger partial charge in [0.15, 0.2) is 0 Å². The minimum Gasteiger partial charge on any atom is -0.135 e. The Balaban J connectivity index is 1.32. The van der Waals surface area contributed by atoms with Gasteiger partial charge < -0.3 is 0 Å². The van der Waals surface area contributed by atoms with E-state index in [1.54, 1.807) is 0 Å². The third-order valence-electron chi connectivity index (χ3n) is 10.5. The summed E-state index contributed by atoms with van der Waals surface area (Å²) in [6.07, 6.45) is 0. The van der Waals surface area contributed by atoms with E-state index in [4.69, 9.17) is 0 Å². The smallest absolute Gasteiger partial charge is 0.0434 e. The first-order valence-electron chi connectivity index (χ1n) is 17.1. The van der Waals surface area contributed by atoms with Crippen LogP contribution in [0.4, 0.5) is 0 Å². The molecule has 232 valence electrons. The van der Waals surface area contributed by atoms with Crippen molar-refractivity contribution in [3.8, 4) is 33.4 Å². The van der Waals surface area contributed by atoms with Crippen molar-refractivity contribution in [3.05, 3.63) is 170 Å². The van der Waals surface area contributed by atoms with Gasteiger partial charge in [-0.1, -0.05) is 152 Å². The number of benzene rings is 9. The standard InChI is InChI=1S/C48H28S2/c1-2-14-31-29(12-1)13-9-19-32(31)30-26-27-37-42(28-30)46(41-23-11-21-39-34-16-6-8-25-44(34)50-48(39)41)36-18-4-3-17-35(36)45(37)40-22-10-20-38-33-15-5-7-24-43(33)49-47(38)40/h1-28H. The zero-order valence-corrected chi connectivity index (χ0v) is 28.6. The molecule has 0 amide bonds. The maximum atomic E-state index is 2.47. The van der Waals surface area contributed by atoms with Gasteiger partial charge in [-0.25, -0.2) is 0 Å². The van der Waals surface area contributed by atoms with E-state index in [1.807, 2.05) is 22.7 Å². The number of hydrogen-bond donors (Lipinski definition) is 0. The van der Waals surface area contributed by atoms with Crippen molar-refractivity contribution >= 4 is 95.3 Å². The van der Waals surface area contributed by atoms with Crippen molar-refractivity contribution in [1.82, 2.24) is 0 Å². The second kappa shape index (κ2) is 10.9. The van der Waals surface area contributed by atoms with Crippen molar-refractivity contribution in [2.24, 2.45) is 0 Å². The molecular weight excluding hydrogens is 641 g/mol. The molecule has 0 bridgehead atoms. The minimum absolute atomic E-state index is 1.24. The van der Waals surface area contributed by atoms with Gasteiger partial charge >= 0.3 is 0 Å². The summed E-state index contributed by atoms with van der Waals surface area (Å²) in [5.41, 5.74) is 7.71. The van der Waals surface area contributed by atoms with Crippen LogP contribution in [0.15, 0.2) is 170 Å². The van der Waals surface area contributed by atoms with Gasteiger partial charge in [-0.05, 0) is 72.8 Å². The highest BCUT2D eigenvalue weighted by molar-refractivity contribution is 7.26. The minimum atomic E-state index is 1.24. The average molecular weight is 669 g/mol. The highest BCUT2D eigenvalue weighted by Gasteiger charge is 2.22. The van der Waals surface area contributed by atoms with Crippen LogP contribution in [-0.2, 0) is 0 Å². The molecule has 2 aromatic heterocycles. The molecule has 0 aliphatic rings. The molecule has 0 unspecified atom stereocenters. The van der Waals surface area contributed by atoms with Crippen LogP contribution in [0.5, 0.6) is 0 Å². The van der Waals surface area contributed by atoms with Gasteiger partial charge in [0.2, 0.25) is 0 Å². The molecule has 0 nitrogen and oxygen atoms in total. The summed E-state index contributed by atoms with van der Waals surface area (Å²) in [6, 6.07) is 63.1. The Hall–Kier alpha value is -5.80. The molecule has 0 saturated carbocycles. The Morgan fingerprint density at radius 1 is 0.280 bits per heavy atom. The Morgan fingerprint density at radius 3 is 1.36 bits per heavy atom. The summed E-state index contributed by atoms with van der Waals surface area (Å²) in [7, 11) is 0. The fourth-order valence-corrected chi connectivity index (χ4v) is 10.7. The molecule has 0 radical (unpaired) electrons. The first-order chi connectivity index (χ1) is 24.8. The topological polar surface area (TPSA) is 0 Å². The van der Waals surface area contributed by atoms with Crippen molar-refractivity contribution in [2.45, 2.75) is 0 Å². The summed E-state index contributed by atoms with van der Waals surface area (Å²) < 4.78 is 5.34. The fraction of sp³-hybridized carbons (Fsp3) is 0. The zero-order chi connectivity index (χ0) is 32.8. The molecule has 0 atom stereocenters. The van der Waals surface area contributed by atoms with E-state index in [0.717, 1.165) is 0 Å². The van der Waals surface area contributed by atoms with Crippen LogP contribution < -0.4 is 0 Å². The van der Waals surface area contributed by atoms with Gasteiger partial charge in [-0.15, -0.1) is 22.7 Å². The summed E-state index contributed by atoms with van der Waals surface area (Å²) >= 11 is 3.82. The van der Waals surface area contributed by atoms with Gasteiger partial charge in [0.25, 0.3) is 0 Å². The van der Waals surface area contributed by atoms with Gasteiger partial charge in [-0.3, -0.25) is 0 Å². The number of rotatable bonds is 3. The largest absolute Gasteiger partial charge is 0.135 e. The van der Waals surface area contributed by atoms with E-state index in [1.165, 1.54) is 106 Å².